The third-order valence-electron chi connectivity index (χ3n) is 6.30. The van der Waals surface area contributed by atoms with E-state index in [1.165, 1.54) is 22.3 Å². The van der Waals surface area contributed by atoms with Crippen molar-refractivity contribution in [3.05, 3.63) is 52.6 Å². The van der Waals surface area contributed by atoms with Crippen LogP contribution in [-0.2, 0) is 9.59 Å². The quantitative estimate of drug-likeness (QED) is 0.605. The van der Waals surface area contributed by atoms with Crippen molar-refractivity contribution in [3.8, 4) is 0 Å². The van der Waals surface area contributed by atoms with Gasteiger partial charge in [-0.25, -0.2) is 0 Å². The van der Waals surface area contributed by atoms with E-state index in [2.05, 4.69) is 43.4 Å². The summed E-state index contributed by atoms with van der Waals surface area (Å²) in [5.41, 5.74) is 4.35. The molecule has 1 aromatic rings. The Morgan fingerprint density at radius 2 is 1.91 bits per heavy atom. The zero-order chi connectivity index (χ0) is 16.4. The first-order chi connectivity index (χ1) is 10.9. The van der Waals surface area contributed by atoms with Crippen molar-refractivity contribution in [2.75, 3.05) is 0 Å². The van der Waals surface area contributed by atoms with Gasteiger partial charge in [0.05, 0.1) is 5.41 Å². The highest BCUT2D eigenvalue weighted by Crippen LogP contribution is 2.61. The Balaban J connectivity index is 1.93. The van der Waals surface area contributed by atoms with E-state index < -0.39 is 5.41 Å². The lowest BCUT2D eigenvalue weighted by atomic mass is 9.63. The second kappa shape index (κ2) is 4.77. The normalized spacial score (nSPS) is 29.5. The Labute approximate surface area is 137 Å². The second-order valence-corrected chi connectivity index (χ2v) is 7.43. The van der Waals surface area contributed by atoms with Gasteiger partial charge in [0.2, 0.25) is 0 Å². The molecule has 118 valence electrons. The maximum absolute atomic E-state index is 12.5. The molecule has 3 aliphatic rings. The average Bonchev–Trinajstić information content (AvgIpc) is 2.85. The number of hydrogen-bond donors (Lipinski definition) is 0. The van der Waals surface area contributed by atoms with Crippen LogP contribution in [0.2, 0.25) is 0 Å². The van der Waals surface area contributed by atoms with E-state index in [0.717, 1.165) is 6.42 Å². The van der Waals surface area contributed by atoms with E-state index in [-0.39, 0.29) is 17.5 Å². The van der Waals surface area contributed by atoms with Crippen molar-refractivity contribution in [2.45, 2.75) is 39.5 Å². The van der Waals surface area contributed by atoms with Crippen LogP contribution in [0.4, 0.5) is 0 Å². The molecule has 0 aliphatic heterocycles. The monoisotopic (exact) mass is 306 g/mol. The number of fused-ring (bicyclic) bond motifs is 2. The number of rotatable bonds is 2. The summed E-state index contributed by atoms with van der Waals surface area (Å²) in [5.74, 6) is 0.818. The summed E-state index contributed by atoms with van der Waals surface area (Å²) in [7, 11) is 0. The van der Waals surface area contributed by atoms with Crippen LogP contribution in [0.5, 0.6) is 0 Å². The minimum atomic E-state index is -0.809. The first-order valence-corrected chi connectivity index (χ1v) is 8.45. The summed E-state index contributed by atoms with van der Waals surface area (Å²) in [4.78, 5) is 25.0. The lowest BCUT2D eigenvalue weighted by molar-refractivity contribution is -0.141. The molecule has 3 aliphatic carbocycles. The Kier molecular flexibility index (Phi) is 3.03. The molecule has 0 radical (unpaired) electrons. The maximum atomic E-state index is 12.5. The number of Topliss-reactive ketones (excluding diaryl/α,β-unsaturated/α-hetero) is 2. The summed E-state index contributed by atoms with van der Waals surface area (Å²) < 4.78 is 0. The predicted octanol–water partition coefficient (Wildman–Crippen LogP) is 4.24. The molecule has 0 aromatic heterocycles. The van der Waals surface area contributed by atoms with E-state index in [9.17, 15) is 9.59 Å². The number of carbonyl (C=O) groups excluding carboxylic acids is 2. The molecule has 4 rings (SSSR count). The number of aryl methyl sites for hydroxylation is 1. The van der Waals surface area contributed by atoms with Crippen molar-refractivity contribution < 1.29 is 9.59 Å². The molecule has 3 atom stereocenters. The molecule has 2 nitrogen and oxygen atoms in total. The number of ketones is 2. The van der Waals surface area contributed by atoms with Crippen LogP contribution in [0.1, 0.15) is 49.3 Å². The number of hydrogen-bond acceptors (Lipinski definition) is 2. The minimum absolute atomic E-state index is 0.0413. The van der Waals surface area contributed by atoms with E-state index in [1.54, 1.807) is 13.8 Å². The summed E-state index contributed by atoms with van der Waals surface area (Å²) in [6.45, 7) is 5.32. The van der Waals surface area contributed by atoms with E-state index >= 15 is 0 Å². The molecule has 0 unspecified atom stereocenters. The van der Waals surface area contributed by atoms with Gasteiger partial charge in [0, 0.05) is 5.92 Å². The van der Waals surface area contributed by atoms with Crippen LogP contribution in [0.25, 0.3) is 6.08 Å². The number of carbonyl (C=O) groups is 2. The highest BCUT2D eigenvalue weighted by Gasteiger charge is 2.59. The fourth-order valence-electron chi connectivity index (χ4n) is 5.23. The van der Waals surface area contributed by atoms with Gasteiger partial charge in [-0.1, -0.05) is 47.6 Å². The van der Waals surface area contributed by atoms with Crippen molar-refractivity contribution in [1.82, 2.24) is 0 Å². The lowest BCUT2D eigenvalue weighted by Gasteiger charge is -2.39. The third kappa shape index (κ3) is 1.81. The Bertz CT molecular complexity index is 767. The molecule has 1 saturated carbocycles. The highest BCUT2D eigenvalue weighted by atomic mass is 16.2. The summed E-state index contributed by atoms with van der Waals surface area (Å²) in [5, 5.41) is 0. The first kappa shape index (κ1) is 14.6. The highest BCUT2D eigenvalue weighted by molar-refractivity contribution is 6.06. The van der Waals surface area contributed by atoms with Crippen LogP contribution in [0.15, 0.2) is 35.9 Å². The molecule has 0 spiro atoms. The molecule has 0 saturated heterocycles. The van der Waals surface area contributed by atoms with Crippen molar-refractivity contribution in [3.63, 3.8) is 0 Å². The predicted molar refractivity (Wildman–Crippen MR) is 91.0 cm³/mol. The van der Waals surface area contributed by atoms with Crippen LogP contribution in [0, 0.1) is 24.2 Å². The summed E-state index contributed by atoms with van der Waals surface area (Å²) in [6.07, 6.45) is 8.17. The van der Waals surface area contributed by atoms with E-state index in [4.69, 9.17) is 0 Å². The fourth-order valence-corrected chi connectivity index (χ4v) is 5.23. The van der Waals surface area contributed by atoms with Crippen molar-refractivity contribution in [1.29, 1.82) is 0 Å². The fraction of sp³-hybridized carbons (Fsp3) is 0.429. The van der Waals surface area contributed by atoms with Gasteiger partial charge in [-0.05, 0) is 56.6 Å². The molecular weight excluding hydrogens is 284 g/mol. The van der Waals surface area contributed by atoms with Crippen LogP contribution in [-0.4, -0.2) is 11.6 Å². The molecule has 0 amide bonds. The van der Waals surface area contributed by atoms with Gasteiger partial charge < -0.3 is 0 Å². The minimum Gasteiger partial charge on any atom is -0.299 e. The average molecular weight is 306 g/mol. The lowest BCUT2D eigenvalue weighted by Crippen LogP contribution is -2.42. The zero-order valence-electron chi connectivity index (χ0n) is 13.9. The SMILES string of the molecule is CC(=O)C1(C(C)=O)CC2=Cc3ccc(C)cc3[C@H]3C=CC[C@@H]1[C@@H]23. The molecule has 0 heterocycles. The third-order valence-corrected chi connectivity index (χ3v) is 6.30. The maximum Gasteiger partial charge on any atom is 0.143 e. The van der Waals surface area contributed by atoms with Crippen LogP contribution in [0.3, 0.4) is 0 Å². The topological polar surface area (TPSA) is 34.1 Å². The molecule has 0 N–H and O–H groups in total. The van der Waals surface area contributed by atoms with Gasteiger partial charge in [-0.15, -0.1) is 0 Å². The molecule has 2 heteroatoms. The van der Waals surface area contributed by atoms with Gasteiger partial charge >= 0.3 is 0 Å². The summed E-state index contributed by atoms with van der Waals surface area (Å²) in [6, 6.07) is 6.58. The van der Waals surface area contributed by atoms with E-state index in [0.29, 0.717) is 18.3 Å². The first-order valence-electron chi connectivity index (χ1n) is 8.45. The van der Waals surface area contributed by atoms with Crippen LogP contribution >= 0.6 is 0 Å². The van der Waals surface area contributed by atoms with Gasteiger partial charge in [-0.3, -0.25) is 9.59 Å². The van der Waals surface area contributed by atoms with Gasteiger partial charge in [0.25, 0.3) is 0 Å². The molecule has 23 heavy (non-hydrogen) atoms. The molecule has 1 aromatic carbocycles. The number of allylic oxidation sites excluding steroid dienone is 3. The van der Waals surface area contributed by atoms with Gasteiger partial charge in [-0.2, -0.15) is 0 Å². The van der Waals surface area contributed by atoms with Gasteiger partial charge in [0.1, 0.15) is 11.6 Å². The van der Waals surface area contributed by atoms with Crippen molar-refractivity contribution >= 4 is 17.6 Å². The van der Waals surface area contributed by atoms with Crippen LogP contribution < -0.4 is 0 Å². The molecular formula is C21H22O2. The van der Waals surface area contributed by atoms with Gasteiger partial charge in [0.15, 0.2) is 0 Å². The molecule has 1 fully saturated rings. The Morgan fingerprint density at radius 3 is 2.61 bits per heavy atom. The standard InChI is InChI=1S/C21H22O2/c1-12-7-8-15-10-16-11-21(13(2)22,14(3)23)19-6-4-5-17(20(16)19)18(15)9-12/h4-5,7-10,17,19-20H,6,11H2,1-3H3/t17-,19-,20+/m1/s1. The zero-order valence-corrected chi connectivity index (χ0v) is 13.9. The van der Waals surface area contributed by atoms with Crippen molar-refractivity contribution in [2.24, 2.45) is 17.3 Å². The Hall–Kier alpha value is -1.96. The Morgan fingerprint density at radius 1 is 1.17 bits per heavy atom. The smallest absolute Gasteiger partial charge is 0.143 e. The largest absolute Gasteiger partial charge is 0.299 e. The summed E-state index contributed by atoms with van der Waals surface area (Å²) >= 11 is 0. The van der Waals surface area contributed by atoms with E-state index in [1.807, 2.05) is 0 Å². The number of benzene rings is 1. The molecule has 0 bridgehead atoms. The second-order valence-electron chi connectivity index (χ2n) is 7.43.